The Morgan fingerprint density at radius 3 is 1.81 bits per heavy atom. The second kappa shape index (κ2) is 8.16. The first kappa shape index (κ1) is 23.4. The van der Waals surface area contributed by atoms with Crippen molar-refractivity contribution in [1.82, 2.24) is 5.32 Å². The van der Waals surface area contributed by atoms with Gasteiger partial charge in [0.15, 0.2) is 0 Å². The maximum Gasteiger partial charge on any atom is 0.272 e. The number of phenols is 1. The van der Waals surface area contributed by atoms with Gasteiger partial charge < -0.3 is 10.4 Å². The summed E-state index contributed by atoms with van der Waals surface area (Å²) in [5, 5.41) is 13.4. The lowest BCUT2D eigenvalue weighted by atomic mass is 9.77. The molecule has 0 fully saturated rings. The number of hydrogen-bond donors (Lipinski definition) is 2. The van der Waals surface area contributed by atoms with Crippen LogP contribution in [-0.4, -0.2) is 21.4 Å². The fourth-order valence-electron chi connectivity index (χ4n) is 2.80. The molecule has 0 saturated carbocycles. The molecule has 1 aromatic carbocycles. The van der Waals surface area contributed by atoms with Gasteiger partial charge >= 0.3 is 0 Å². The van der Waals surface area contributed by atoms with Gasteiger partial charge in [-0.1, -0.05) is 95.4 Å². The molecule has 1 unspecified atom stereocenters. The molecule has 3 nitrogen and oxygen atoms in total. The summed E-state index contributed by atoms with van der Waals surface area (Å²) in [6.45, 7) is 15.0. The third-order valence-corrected chi connectivity index (χ3v) is 4.75. The molecule has 0 aliphatic heterocycles. The first-order valence-electron chi connectivity index (χ1n) is 8.75. The molecule has 148 valence electrons. The van der Waals surface area contributed by atoms with Crippen LogP contribution in [0.1, 0.15) is 65.2 Å². The lowest BCUT2D eigenvalue weighted by Gasteiger charge is -2.28. The second-order valence-corrected chi connectivity index (χ2v) is 11.3. The highest BCUT2D eigenvalue weighted by Crippen LogP contribution is 2.40. The summed E-state index contributed by atoms with van der Waals surface area (Å²) in [6.07, 6.45) is 0.743. The Kier molecular flexibility index (Phi) is 7.34. The maximum absolute atomic E-state index is 11.7. The van der Waals surface area contributed by atoms with Crippen molar-refractivity contribution < 1.29 is 9.90 Å². The summed E-state index contributed by atoms with van der Waals surface area (Å²) < 4.78 is -1.95. The average molecular weight is 423 g/mol. The second-order valence-electron chi connectivity index (χ2n) is 9.06. The Bertz CT molecular complexity index is 617. The molecule has 0 saturated heterocycles. The van der Waals surface area contributed by atoms with E-state index in [0.717, 1.165) is 23.1 Å². The molecule has 0 aromatic heterocycles. The lowest BCUT2D eigenvalue weighted by Crippen LogP contribution is -2.37. The van der Waals surface area contributed by atoms with E-state index in [1.54, 1.807) is 0 Å². The number of phenolic OH excluding ortho intramolecular Hbond substituents is 1. The highest BCUT2D eigenvalue weighted by atomic mass is 35.6. The number of nitrogens with one attached hydrogen (secondary N) is 1. The van der Waals surface area contributed by atoms with Crippen molar-refractivity contribution in [1.29, 1.82) is 0 Å². The molecular weight excluding hydrogens is 393 g/mol. The zero-order valence-electron chi connectivity index (χ0n) is 16.6. The average Bonchev–Trinajstić information content (AvgIpc) is 2.42. The zero-order valence-corrected chi connectivity index (χ0v) is 18.9. The van der Waals surface area contributed by atoms with E-state index in [1.165, 1.54) is 0 Å². The maximum atomic E-state index is 11.7. The van der Waals surface area contributed by atoms with Crippen LogP contribution in [0.2, 0.25) is 0 Å². The van der Waals surface area contributed by atoms with Crippen molar-refractivity contribution in [2.75, 3.05) is 6.54 Å². The van der Waals surface area contributed by atoms with E-state index in [4.69, 9.17) is 34.8 Å². The van der Waals surface area contributed by atoms with Crippen LogP contribution < -0.4 is 5.32 Å². The van der Waals surface area contributed by atoms with E-state index < -0.39 is 9.70 Å². The fourth-order valence-corrected chi connectivity index (χ4v) is 3.00. The topological polar surface area (TPSA) is 49.3 Å². The lowest BCUT2D eigenvalue weighted by molar-refractivity contribution is -0.120. The van der Waals surface area contributed by atoms with Crippen LogP contribution in [-0.2, 0) is 22.0 Å². The smallest absolute Gasteiger partial charge is 0.272 e. The minimum atomic E-state index is -1.95. The molecular formula is C20H30Cl3NO2. The molecule has 2 N–H and O–H groups in total. The first-order chi connectivity index (χ1) is 11.5. The van der Waals surface area contributed by atoms with Crippen molar-refractivity contribution in [3.63, 3.8) is 0 Å². The Morgan fingerprint density at radius 1 is 1.04 bits per heavy atom. The normalized spacial score (nSPS) is 14.2. The number of alkyl halides is 3. The van der Waals surface area contributed by atoms with E-state index in [9.17, 15) is 9.90 Å². The first-order valence-corrected chi connectivity index (χ1v) is 9.88. The van der Waals surface area contributed by atoms with E-state index in [2.05, 4.69) is 59.0 Å². The predicted molar refractivity (Wildman–Crippen MR) is 112 cm³/mol. The van der Waals surface area contributed by atoms with Crippen LogP contribution in [0, 0.1) is 5.92 Å². The van der Waals surface area contributed by atoms with Gasteiger partial charge in [0.2, 0.25) is 0 Å². The molecule has 0 heterocycles. The number of carbonyl (C=O) groups excluding carboxylic acids is 1. The molecule has 1 aromatic rings. The fraction of sp³-hybridized carbons (Fsp3) is 0.650. The Hall–Kier alpha value is -0.640. The molecule has 6 heteroatoms. The third kappa shape index (κ3) is 6.51. The summed E-state index contributed by atoms with van der Waals surface area (Å²) in [6, 6.07) is 4.11. The van der Waals surface area contributed by atoms with Crippen LogP contribution in [0.25, 0.3) is 0 Å². The van der Waals surface area contributed by atoms with Crippen LogP contribution in [0.15, 0.2) is 12.1 Å². The number of halogens is 3. The third-order valence-electron chi connectivity index (χ3n) is 4.24. The Balaban J connectivity index is 3.08. The molecule has 1 rings (SSSR count). The van der Waals surface area contributed by atoms with Crippen molar-refractivity contribution in [3.8, 4) is 5.75 Å². The summed E-state index contributed by atoms with van der Waals surface area (Å²) in [4.78, 5) is 11.7. The van der Waals surface area contributed by atoms with Gasteiger partial charge in [-0.3, -0.25) is 4.79 Å². The van der Waals surface area contributed by atoms with Gasteiger partial charge in [-0.15, -0.1) is 0 Å². The number of amides is 1. The van der Waals surface area contributed by atoms with Crippen molar-refractivity contribution >= 4 is 40.7 Å². The van der Waals surface area contributed by atoms with E-state index in [0.29, 0.717) is 12.3 Å². The van der Waals surface area contributed by atoms with Gasteiger partial charge in [0.1, 0.15) is 5.75 Å². The highest BCUT2D eigenvalue weighted by molar-refractivity contribution is 6.76. The van der Waals surface area contributed by atoms with Gasteiger partial charge in [0.05, 0.1) is 0 Å². The van der Waals surface area contributed by atoms with Crippen molar-refractivity contribution in [2.45, 2.75) is 69.5 Å². The molecule has 26 heavy (non-hydrogen) atoms. The van der Waals surface area contributed by atoms with Crippen molar-refractivity contribution in [3.05, 3.63) is 28.8 Å². The van der Waals surface area contributed by atoms with Gasteiger partial charge in [-0.25, -0.2) is 0 Å². The predicted octanol–water partition coefficient (Wildman–Crippen LogP) is 5.65. The monoisotopic (exact) mass is 421 g/mol. The molecule has 0 aliphatic carbocycles. The minimum absolute atomic E-state index is 0.150. The SMILES string of the molecule is CC(CNC(=O)C(Cl)(Cl)Cl)Cc1cc(C(C)(C)C)c(O)c(C(C)(C)C)c1. The number of rotatable bonds is 4. The van der Waals surface area contributed by atoms with Crippen molar-refractivity contribution in [2.24, 2.45) is 5.92 Å². The largest absolute Gasteiger partial charge is 0.507 e. The van der Waals surface area contributed by atoms with Gasteiger partial charge in [0, 0.05) is 6.54 Å². The summed E-state index contributed by atoms with van der Waals surface area (Å²) in [5.74, 6) is -0.104. The number of aromatic hydroxyl groups is 1. The minimum Gasteiger partial charge on any atom is -0.507 e. The van der Waals surface area contributed by atoms with E-state index >= 15 is 0 Å². The van der Waals surface area contributed by atoms with Gasteiger partial charge in [-0.05, 0) is 39.9 Å². The van der Waals surface area contributed by atoms with E-state index in [1.807, 2.05) is 6.92 Å². The summed E-state index contributed by atoms with van der Waals surface area (Å²) in [5.41, 5.74) is 2.63. The zero-order chi connectivity index (χ0) is 20.5. The van der Waals surface area contributed by atoms with Crippen LogP contribution in [0.4, 0.5) is 0 Å². The molecule has 0 bridgehead atoms. The number of benzene rings is 1. The van der Waals surface area contributed by atoms with Gasteiger partial charge in [0.25, 0.3) is 9.70 Å². The molecule has 0 aliphatic rings. The molecule has 1 atom stereocenters. The molecule has 0 radical (unpaired) electrons. The standard InChI is InChI=1S/C20H30Cl3NO2/c1-12(11-24-17(26)20(21,22)23)8-13-9-14(18(2,3)4)16(25)15(10-13)19(5,6)7/h9-10,12,25H,8,11H2,1-7H3,(H,24,26). The highest BCUT2D eigenvalue weighted by Gasteiger charge is 2.31. The van der Waals surface area contributed by atoms with Crippen LogP contribution >= 0.6 is 34.8 Å². The van der Waals surface area contributed by atoms with E-state index in [-0.39, 0.29) is 16.7 Å². The quantitative estimate of drug-likeness (QED) is 0.616. The summed E-state index contributed by atoms with van der Waals surface area (Å²) in [7, 11) is 0. The van der Waals surface area contributed by atoms with Crippen LogP contribution in [0.5, 0.6) is 5.75 Å². The number of hydrogen-bond acceptors (Lipinski definition) is 2. The summed E-state index contributed by atoms with van der Waals surface area (Å²) >= 11 is 16.7. The van der Waals surface area contributed by atoms with Gasteiger partial charge in [-0.2, -0.15) is 0 Å². The molecule has 1 amide bonds. The van der Waals surface area contributed by atoms with Crippen LogP contribution in [0.3, 0.4) is 0 Å². The Labute approximate surface area is 172 Å². The number of carbonyl (C=O) groups is 1. The Morgan fingerprint density at radius 2 is 1.46 bits per heavy atom. The molecule has 0 spiro atoms.